The molecule has 2 amide bonds. The molecule has 1 aromatic carbocycles. The zero-order chi connectivity index (χ0) is 12.8. The summed E-state index contributed by atoms with van der Waals surface area (Å²) in [5.74, 6) is -1.06. The van der Waals surface area contributed by atoms with Crippen LogP contribution in [0.1, 0.15) is 24.2 Å². The lowest BCUT2D eigenvalue weighted by Gasteiger charge is -2.03. The molecule has 0 atom stereocenters. The van der Waals surface area contributed by atoms with Crippen LogP contribution in [0, 0.1) is 0 Å². The highest BCUT2D eigenvalue weighted by Gasteiger charge is 2.04. The van der Waals surface area contributed by atoms with Gasteiger partial charge in [0.1, 0.15) is 0 Å². The Morgan fingerprint density at radius 1 is 1.18 bits per heavy atom. The van der Waals surface area contributed by atoms with Crippen molar-refractivity contribution >= 4 is 17.5 Å². The fourth-order valence-corrected chi connectivity index (χ4v) is 1.20. The van der Waals surface area contributed by atoms with Crippen molar-refractivity contribution in [1.82, 2.24) is 5.54 Å². The topological polar surface area (TPSA) is 58.2 Å². The van der Waals surface area contributed by atoms with E-state index in [1.54, 1.807) is 0 Å². The number of carbonyl (C=O) groups excluding carboxylic acids is 2. The number of hydrogen-bond acceptors (Lipinski definition) is 2. The maximum atomic E-state index is 11.8. The summed E-state index contributed by atoms with van der Waals surface area (Å²) >= 11 is 0. The van der Waals surface area contributed by atoms with Gasteiger partial charge in [-0.05, 0) is 38.1 Å². The summed E-state index contributed by atoms with van der Waals surface area (Å²) in [6, 6.07) is 5.91. The van der Waals surface area contributed by atoms with Gasteiger partial charge in [-0.3, -0.25) is 9.59 Å². The monoisotopic (exact) mass is 236 g/mol. The Bertz CT molecular complexity index is 448. The average molecular weight is 236 g/mol. The Balaban J connectivity index is 2.72. The van der Waals surface area contributed by atoms with Crippen LogP contribution < -0.4 is 10.9 Å². The van der Waals surface area contributed by atoms with E-state index >= 15 is 0 Å². The molecule has 0 unspecified atom stereocenters. The number of rotatable bonds is 3. The van der Waals surface area contributed by atoms with Crippen LogP contribution in [0.4, 0.5) is 10.2 Å². The minimum atomic E-state index is -0.813. The molecule has 1 rings (SSSR count). The summed E-state index contributed by atoms with van der Waals surface area (Å²) in [5, 5.41) is 2.62. The molecular formula is C12H13FN2O2. The number of benzene rings is 1. The van der Waals surface area contributed by atoms with E-state index in [4.69, 9.17) is 0 Å². The average Bonchev–Trinajstić information content (AvgIpc) is 2.28. The normalized spacial score (nSPS) is 9.35. The summed E-state index contributed by atoms with van der Waals surface area (Å²) in [5.41, 5.74) is 2.65. The SMILES string of the molecule is CC(C)=CC(=O)Nc1ccc(C(=O)NF)cc1. The molecule has 5 heteroatoms. The molecule has 0 saturated carbocycles. The fourth-order valence-electron chi connectivity index (χ4n) is 1.20. The zero-order valence-corrected chi connectivity index (χ0v) is 9.58. The first-order valence-corrected chi connectivity index (χ1v) is 5.00. The summed E-state index contributed by atoms with van der Waals surface area (Å²) < 4.78 is 11.8. The second-order valence-corrected chi connectivity index (χ2v) is 3.71. The quantitative estimate of drug-likeness (QED) is 0.624. The minimum Gasteiger partial charge on any atom is -0.323 e. The van der Waals surface area contributed by atoms with Gasteiger partial charge in [-0.1, -0.05) is 10.1 Å². The van der Waals surface area contributed by atoms with Crippen molar-refractivity contribution in [2.45, 2.75) is 13.8 Å². The molecule has 0 aromatic heterocycles. The Morgan fingerprint density at radius 2 is 1.76 bits per heavy atom. The molecule has 0 bridgehead atoms. The van der Waals surface area contributed by atoms with Gasteiger partial charge in [0, 0.05) is 17.3 Å². The lowest BCUT2D eigenvalue weighted by molar-refractivity contribution is -0.111. The second-order valence-electron chi connectivity index (χ2n) is 3.71. The van der Waals surface area contributed by atoms with E-state index < -0.39 is 5.91 Å². The maximum absolute atomic E-state index is 11.8. The molecule has 1 aromatic rings. The number of allylic oxidation sites excluding steroid dienone is 1. The summed E-state index contributed by atoms with van der Waals surface area (Å²) in [4.78, 5) is 22.3. The molecule has 17 heavy (non-hydrogen) atoms. The summed E-state index contributed by atoms with van der Waals surface area (Å²) in [7, 11) is 0. The van der Waals surface area contributed by atoms with Gasteiger partial charge in [-0.25, -0.2) is 0 Å². The van der Waals surface area contributed by atoms with Crippen LogP contribution in [0.25, 0.3) is 0 Å². The van der Waals surface area contributed by atoms with Crippen LogP contribution in [0.2, 0.25) is 0 Å². The molecule has 4 nitrogen and oxygen atoms in total. The summed E-state index contributed by atoms with van der Waals surface area (Å²) in [6.45, 7) is 3.63. The van der Waals surface area contributed by atoms with E-state index in [0.29, 0.717) is 5.69 Å². The van der Waals surface area contributed by atoms with Crippen LogP contribution in [0.15, 0.2) is 35.9 Å². The molecule has 90 valence electrons. The zero-order valence-electron chi connectivity index (χ0n) is 9.58. The Labute approximate surface area is 98.5 Å². The first-order chi connectivity index (χ1) is 8.02. The van der Waals surface area contributed by atoms with E-state index in [1.165, 1.54) is 30.3 Å². The van der Waals surface area contributed by atoms with Crippen LogP contribution in [0.3, 0.4) is 0 Å². The van der Waals surface area contributed by atoms with Gasteiger partial charge in [0.25, 0.3) is 5.91 Å². The van der Waals surface area contributed by atoms with E-state index in [9.17, 15) is 14.1 Å². The maximum Gasteiger partial charge on any atom is 0.278 e. The predicted molar refractivity (Wildman–Crippen MR) is 63.1 cm³/mol. The Hall–Kier alpha value is -2.17. The van der Waals surface area contributed by atoms with Gasteiger partial charge in [0.2, 0.25) is 5.91 Å². The lowest BCUT2D eigenvalue weighted by atomic mass is 10.2. The minimum absolute atomic E-state index is 0.188. The number of nitrogens with one attached hydrogen (secondary N) is 2. The number of carbonyl (C=O) groups is 2. The van der Waals surface area contributed by atoms with Crippen molar-refractivity contribution in [3.8, 4) is 0 Å². The molecule has 0 heterocycles. The second kappa shape index (κ2) is 5.79. The van der Waals surface area contributed by atoms with Crippen molar-refractivity contribution in [2.24, 2.45) is 0 Å². The van der Waals surface area contributed by atoms with Gasteiger partial charge < -0.3 is 5.32 Å². The van der Waals surface area contributed by atoms with Crippen molar-refractivity contribution in [3.63, 3.8) is 0 Å². The molecular weight excluding hydrogens is 223 g/mol. The lowest BCUT2D eigenvalue weighted by Crippen LogP contribution is -2.13. The number of hydrogen-bond donors (Lipinski definition) is 2. The van der Waals surface area contributed by atoms with Crippen LogP contribution in [-0.4, -0.2) is 11.8 Å². The highest BCUT2D eigenvalue weighted by molar-refractivity contribution is 6.00. The van der Waals surface area contributed by atoms with E-state index in [2.05, 4.69) is 5.32 Å². The third kappa shape index (κ3) is 4.06. The Kier molecular flexibility index (Phi) is 4.39. The van der Waals surface area contributed by atoms with Gasteiger partial charge >= 0.3 is 0 Å². The first-order valence-electron chi connectivity index (χ1n) is 5.00. The van der Waals surface area contributed by atoms with Crippen molar-refractivity contribution < 1.29 is 14.1 Å². The largest absolute Gasteiger partial charge is 0.323 e. The third-order valence-corrected chi connectivity index (χ3v) is 1.92. The molecule has 0 aliphatic heterocycles. The van der Waals surface area contributed by atoms with E-state index in [-0.39, 0.29) is 11.5 Å². The molecule has 0 fully saturated rings. The molecule has 0 aliphatic carbocycles. The molecule has 0 aliphatic rings. The third-order valence-electron chi connectivity index (χ3n) is 1.92. The molecule has 0 saturated heterocycles. The van der Waals surface area contributed by atoms with Crippen LogP contribution in [0.5, 0.6) is 0 Å². The van der Waals surface area contributed by atoms with Crippen molar-refractivity contribution in [1.29, 1.82) is 0 Å². The standard InChI is InChI=1S/C12H13FN2O2/c1-8(2)7-11(16)14-10-5-3-9(4-6-10)12(17)15-13/h3-7H,1-2H3,(H,14,16)(H,15,17). The smallest absolute Gasteiger partial charge is 0.278 e. The molecule has 0 radical (unpaired) electrons. The first kappa shape index (κ1) is 12.9. The van der Waals surface area contributed by atoms with Gasteiger partial charge in [0.15, 0.2) is 0 Å². The predicted octanol–water partition coefficient (Wildman–Crippen LogP) is 2.21. The molecule has 0 spiro atoms. The Morgan fingerprint density at radius 3 is 2.24 bits per heavy atom. The number of anilines is 1. The highest BCUT2D eigenvalue weighted by atomic mass is 19.2. The van der Waals surface area contributed by atoms with Gasteiger partial charge in [0.05, 0.1) is 0 Å². The van der Waals surface area contributed by atoms with Crippen LogP contribution >= 0.6 is 0 Å². The number of amides is 2. The van der Waals surface area contributed by atoms with E-state index in [0.717, 1.165) is 11.1 Å². The fraction of sp³-hybridized carbons (Fsp3) is 0.167. The van der Waals surface area contributed by atoms with Crippen molar-refractivity contribution in [3.05, 3.63) is 41.5 Å². The highest BCUT2D eigenvalue weighted by Crippen LogP contribution is 2.09. The van der Waals surface area contributed by atoms with Gasteiger partial charge in [-0.15, -0.1) is 0 Å². The molecule has 2 N–H and O–H groups in total. The summed E-state index contributed by atoms with van der Waals surface area (Å²) in [6.07, 6.45) is 1.46. The van der Waals surface area contributed by atoms with Crippen molar-refractivity contribution in [2.75, 3.05) is 5.32 Å². The van der Waals surface area contributed by atoms with E-state index in [1.807, 2.05) is 13.8 Å². The number of halogens is 1. The van der Waals surface area contributed by atoms with Gasteiger partial charge in [-0.2, -0.15) is 5.54 Å². The van der Waals surface area contributed by atoms with Crippen LogP contribution in [-0.2, 0) is 4.79 Å².